The Kier molecular flexibility index (Phi) is 6.24. The van der Waals surface area contributed by atoms with E-state index in [0.29, 0.717) is 12.2 Å². The van der Waals surface area contributed by atoms with Gasteiger partial charge in [-0.15, -0.1) is 0 Å². The average Bonchev–Trinajstić information content (AvgIpc) is 2.13. The molecule has 0 N–H and O–H groups in total. The minimum absolute atomic E-state index is 0.158. The van der Waals surface area contributed by atoms with E-state index in [9.17, 15) is 4.79 Å². The molecule has 0 amide bonds. The topological polar surface area (TPSA) is 35.5 Å². The first-order chi connectivity index (χ1) is 6.11. The lowest BCUT2D eigenvalue weighted by Gasteiger charge is -2.11. The first-order valence-corrected chi connectivity index (χ1v) is 4.58. The Hall–Kier alpha value is -0.830. The van der Waals surface area contributed by atoms with Crippen molar-refractivity contribution in [2.24, 2.45) is 0 Å². The fourth-order valence-corrected chi connectivity index (χ4v) is 0.653. The van der Waals surface area contributed by atoms with E-state index in [1.807, 2.05) is 13.8 Å². The van der Waals surface area contributed by atoms with E-state index in [1.54, 1.807) is 6.92 Å². The van der Waals surface area contributed by atoms with Crippen molar-refractivity contribution >= 4 is 5.97 Å². The molecular formula is C10H18O3. The molecule has 13 heavy (non-hydrogen) atoms. The zero-order valence-electron chi connectivity index (χ0n) is 8.63. The van der Waals surface area contributed by atoms with Crippen molar-refractivity contribution in [1.29, 1.82) is 0 Å². The standard InChI is InChI=1S/C10H18O3/c1-5-9(4)13-7-8(3)10(11)12-6-2/h9H,3,5-7H2,1-2,4H3. The molecule has 0 aromatic rings. The van der Waals surface area contributed by atoms with Crippen LogP contribution in [-0.2, 0) is 14.3 Å². The van der Waals surface area contributed by atoms with Gasteiger partial charge >= 0.3 is 5.97 Å². The number of esters is 1. The van der Waals surface area contributed by atoms with Gasteiger partial charge in [-0.1, -0.05) is 13.5 Å². The first-order valence-electron chi connectivity index (χ1n) is 4.58. The Bertz CT molecular complexity index is 175. The number of hydrogen-bond acceptors (Lipinski definition) is 3. The molecule has 0 fully saturated rings. The Morgan fingerprint density at radius 1 is 1.46 bits per heavy atom. The van der Waals surface area contributed by atoms with Crippen molar-refractivity contribution < 1.29 is 14.3 Å². The van der Waals surface area contributed by atoms with E-state index in [4.69, 9.17) is 9.47 Å². The number of rotatable bonds is 6. The van der Waals surface area contributed by atoms with Gasteiger partial charge in [0.2, 0.25) is 0 Å². The third-order valence-corrected chi connectivity index (χ3v) is 1.68. The molecule has 0 aliphatic heterocycles. The van der Waals surface area contributed by atoms with Crippen LogP contribution >= 0.6 is 0 Å². The van der Waals surface area contributed by atoms with Gasteiger partial charge < -0.3 is 9.47 Å². The second-order valence-corrected chi connectivity index (χ2v) is 2.85. The summed E-state index contributed by atoms with van der Waals surface area (Å²) in [6.07, 6.45) is 1.09. The minimum atomic E-state index is -0.370. The minimum Gasteiger partial charge on any atom is -0.463 e. The van der Waals surface area contributed by atoms with Crippen molar-refractivity contribution in [2.45, 2.75) is 33.3 Å². The lowest BCUT2D eigenvalue weighted by atomic mass is 10.3. The molecule has 0 aliphatic carbocycles. The van der Waals surface area contributed by atoms with Crippen LogP contribution in [0.1, 0.15) is 27.2 Å². The van der Waals surface area contributed by atoms with Crippen LogP contribution in [0.3, 0.4) is 0 Å². The smallest absolute Gasteiger partial charge is 0.335 e. The molecule has 0 bridgehead atoms. The third-order valence-electron chi connectivity index (χ3n) is 1.68. The summed E-state index contributed by atoms with van der Waals surface area (Å²) in [7, 11) is 0. The summed E-state index contributed by atoms with van der Waals surface area (Å²) in [6, 6.07) is 0. The van der Waals surface area contributed by atoms with Gasteiger partial charge in [-0.25, -0.2) is 4.79 Å². The fraction of sp³-hybridized carbons (Fsp3) is 0.700. The van der Waals surface area contributed by atoms with Crippen molar-refractivity contribution in [3.63, 3.8) is 0 Å². The lowest BCUT2D eigenvalue weighted by molar-refractivity contribution is -0.139. The highest BCUT2D eigenvalue weighted by molar-refractivity contribution is 5.87. The van der Waals surface area contributed by atoms with E-state index in [0.717, 1.165) is 6.42 Å². The van der Waals surface area contributed by atoms with Gasteiger partial charge in [-0.2, -0.15) is 0 Å². The van der Waals surface area contributed by atoms with Gasteiger partial charge in [-0.05, 0) is 20.3 Å². The summed E-state index contributed by atoms with van der Waals surface area (Å²) in [5, 5.41) is 0. The second kappa shape index (κ2) is 6.66. The maximum atomic E-state index is 11.0. The molecule has 0 aromatic carbocycles. The second-order valence-electron chi connectivity index (χ2n) is 2.85. The highest BCUT2D eigenvalue weighted by Gasteiger charge is 2.08. The lowest BCUT2D eigenvalue weighted by Crippen LogP contribution is -2.15. The summed E-state index contributed by atoms with van der Waals surface area (Å²) in [5.74, 6) is -0.370. The van der Waals surface area contributed by atoms with Crippen LogP contribution in [0, 0.1) is 0 Å². The van der Waals surface area contributed by atoms with E-state index >= 15 is 0 Å². The largest absolute Gasteiger partial charge is 0.463 e. The number of hydrogen-bond donors (Lipinski definition) is 0. The Balaban J connectivity index is 3.68. The van der Waals surface area contributed by atoms with E-state index in [2.05, 4.69) is 6.58 Å². The summed E-state index contributed by atoms with van der Waals surface area (Å²) in [5.41, 5.74) is 0.377. The van der Waals surface area contributed by atoms with Crippen molar-refractivity contribution in [3.05, 3.63) is 12.2 Å². The molecule has 1 atom stereocenters. The SMILES string of the molecule is C=C(COC(C)CC)C(=O)OCC. The predicted octanol–water partition coefficient (Wildman–Crippen LogP) is 1.92. The Morgan fingerprint density at radius 3 is 2.54 bits per heavy atom. The summed E-state index contributed by atoms with van der Waals surface area (Å²) in [4.78, 5) is 11.0. The van der Waals surface area contributed by atoms with Crippen LogP contribution in [0.25, 0.3) is 0 Å². The van der Waals surface area contributed by atoms with Crippen LogP contribution in [0.15, 0.2) is 12.2 Å². The predicted molar refractivity (Wildman–Crippen MR) is 51.5 cm³/mol. The molecule has 76 valence electrons. The molecule has 3 nitrogen and oxygen atoms in total. The Morgan fingerprint density at radius 2 is 2.08 bits per heavy atom. The zero-order chi connectivity index (χ0) is 10.3. The first kappa shape index (κ1) is 12.2. The van der Waals surface area contributed by atoms with Crippen molar-refractivity contribution in [3.8, 4) is 0 Å². The maximum Gasteiger partial charge on any atom is 0.335 e. The number of carbonyl (C=O) groups excluding carboxylic acids is 1. The van der Waals surface area contributed by atoms with Crippen molar-refractivity contribution in [1.82, 2.24) is 0 Å². The van der Waals surface area contributed by atoms with Crippen LogP contribution in [0.2, 0.25) is 0 Å². The van der Waals surface area contributed by atoms with E-state index in [-0.39, 0.29) is 18.7 Å². The van der Waals surface area contributed by atoms with Gasteiger partial charge in [0.05, 0.1) is 24.9 Å². The third kappa shape index (κ3) is 5.42. The number of ether oxygens (including phenoxy) is 2. The number of carbonyl (C=O) groups is 1. The van der Waals surface area contributed by atoms with Gasteiger partial charge in [0.1, 0.15) is 0 Å². The van der Waals surface area contributed by atoms with Crippen LogP contribution < -0.4 is 0 Å². The quantitative estimate of drug-likeness (QED) is 0.469. The van der Waals surface area contributed by atoms with Gasteiger partial charge in [-0.3, -0.25) is 0 Å². The highest BCUT2D eigenvalue weighted by Crippen LogP contribution is 2.01. The molecule has 0 saturated heterocycles. The maximum absolute atomic E-state index is 11.0. The van der Waals surface area contributed by atoms with E-state index in [1.165, 1.54) is 0 Å². The van der Waals surface area contributed by atoms with Crippen LogP contribution in [0.5, 0.6) is 0 Å². The molecular weight excluding hydrogens is 168 g/mol. The molecule has 0 heterocycles. The zero-order valence-corrected chi connectivity index (χ0v) is 8.63. The van der Waals surface area contributed by atoms with Crippen LogP contribution in [-0.4, -0.2) is 25.3 Å². The summed E-state index contributed by atoms with van der Waals surface area (Å²) < 4.78 is 10.1. The average molecular weight is 186 g/mol. The van der Waals surface area contributed by atoms with E-state index < -0.39 is 0 Å². The monoisotopic (exact) mass is 186 g/mol. The molecule has 0 aliphatic rings. The van der Waals surface area contributed by atoms with Gasteiger partial charge in [0.15, 0.2) is 0 Å². The molecule has 0 aromatic heterocycles. The fourth-order valence-electron chi connectivity index (χ4n) is 0.653. The molecule has 3 heteroatoms. The Labute approximate surface area is 79.7 Å². The summed E-state index contributed by atoms with van der Waals surface area (Å²) in [6.45, 7) is 9.96. The van der Waals surface area contributed by atoms with Crippen molar-refractivity contribution in [2.75, 3.05) is 13.2 Å². The van der Waals surface area contributed by atoms with Gasteiger partial charge in [0.25, 0.3) is 0 Å². The normalized spacial score (nSPS) is 12.2. The molecule has 0 radical (unpaired) electrons. The molecule has 0 rings (SSSR count). The molecule has 1 unspecified atom stereocenters. The molecule has 0 saturated carbocycles. The van der Waals surface area contributed by atoms with Gasteiger partial charge in [0, 0.05) is 0 Å². The molecule has 0 spiro atoms. The summed E-state index contributed by atoms with van der Waals surface area (Å²) >= 11 is 0. The van der Waals surface area contributed by atoms with Crippen LogP contribution in [0.4, 0.5) is 0 Å². The highest BCUT2D eigenvalue weighted by atomic mass is 16.5.